The molecule has 1 saturated carbocycles. The second kappa shape index (κ2) is 9.92. The predicted molar refractivity (Wildman–Crippen MR) is 103 cm³/mol. The molecular formula is C19H30N2O4S. The number of benzene rings is 1. The van der Waals surface area contributed by atoms with Crippen molar-refractivity contribution in [2.75, 3.05) is 33.0 Å². The maximum absolute atomic E-state index is 12.2. The van der Waals surface area contributed by atoms with E-state index >= 15 is 0 Å². The Balaban J connectivity index is 1.84. The Morgan fingerprint density at radius 3 is 2.62 bits per heavy atom. The quantitative estimate of drug-likeness (QED) is 0.710. The molecule has 0 saturated heterocycles. The minimum atomic E-state index is -3.32. The van der Waals surface area contributed by atoms with Gasteiger partial charge in [-0.3, -0.25) is 4.79 Å². The van der Waals surface area contributed by atoms with Crippen LogP contribution in [-0.4, -0.2) is 51.6 Å². The van der Waals surface area contributed by atoms with Crippen molar-refractivity contribution in [3.05, 3.63) is 29.8 Å². The van der Waals surface area contributed by atoms with Gasteiger partial charge in [0.1, 0.15) is 5.75 Å². The fourth-order valence-electron chi connectivity index (χ4n) is 3.34. The van der Waals surface area contributed by atoms with Crippen LogP contribution in [0.25, 0.3) is 0 Å². The molecule has 0 unspecified atom stereocenters. The highest BCUT2D eigenvalue weighted by Crippen LogP contribution is 2.23. The molecule has 1 aromatic carbocycles. The molecule has 2 rings (SSSR count). The van der Waals surface area contributed by atoms with Gasteiger partial charge in [0.2, 0.25) is 15.9 Å². The molecule has 1 aromatic rings. The van der Waals surface area contributed by atoms with E-state index in [1.54, 1.807) is 7.11 Å². The molecular weight excluding hydrogens is 352 g/mol. The fourth-order valence-corrected chi connectivity index (χ4v) is 4.18. The lowest BCUT2D eigenvalue weighted by atomic mass is 9.89. The standard InChI is InChI=1S/C19H30N2O4S/c1-25-18-10-6-7-16(15-18)11-13-21(26(2,23)24)14-12-20-19(22)17-8-4-3-5-9-17/h6-7,10,15,17H,3-5,8-9,11-14H2,1-2H3,(H,20,22). The average Bonchev–Trinajstić information content (AvgIpc) is 2.64. The van der Waals surface area contributed by atoms with E-state index in [0.717, 1.165) is 37.0 Å². The van der Waals surface area contributed by atoms with Crippen LogP contribution in [0.1, 0.15) is 37.7 Å². The maximum Gasteiger partial charge on any atom is 0.223 e. The van der Waals surface area contributed by atoms with Gasteiger partial charge in [0.05, 0.1) is 13.4 Å². The largest absolute Gasteiger partial charge is 0.497 e. The molecule has 0 bridgehead atoms. The molecule has 146 valence electrons. The van der Waals surface area contributed by atoms with Crippen LogP contribution in [0, 0.1) is 5.92 Å². The summed E-state index contributed by atoms with van der Waals surface area (Å²) >= 11 is 0. The summed E-state index contributed by atoms with van der Waals surface area (Å²) in [6, 6.07) is 7.61. The lowest BCUT2D eigenvalue weighted by Gasteiger charge is -2.23. The zero-order chi connectivity index (χ0) is 19.0. The molecule has 7 heteroatoms. The zero-order valence-electron chi connectivity index (χ0n) is 15.7. The van der Waals surface area contributed by atoms with E-state index < -0.39 is 10.0 Å². The third-order valence-corrected chi connectivity index (χ3v) is 6.19. The monoisotopic (exact) mass is 382 g/mol. The average molecular weight is 383 g/mol. The Labute approximate surface area is 157 Å². The molecule has 0 radical (unpaired) electrons. The lowest BCUT2D eigenvalue weighted by molar-refractivity contribution is -0.125. The third-order valence-electron chi connectivity index (χ3n) is 4.89. The second-order valence-electron chi connectivity index (χ2n) is 6.89. The number of nitrogens with zero attached hydrogens (tertiary/aromatic N) is 1. The number of nitrogens with one attached hydrogen (secondary N) is 1. The van der Waals surface area contributed by atoms with Gasteiger partial charge in [0, 0.05) is 25.6 Å². The van der Waals surface area contributed by atoms with Crippen molar-refractivity contribution in [2.24, 2.45) is 5.92 Å². The van der Waals surface area contributed by atoms with Gasteiger partial charge in [-0.15, -0.1) is 0 Å². The number of hydrogen-bond donors (Lipinski definition) is 1. The first-order valence-electron chi connectivity index (χ1n) is 9.26. The first-order valence-corrected chi connectivity index (χ1v) is 11.1. The van der Waals surface area contributed by atoms with Crippen molar-refractivity contribution < 1.29 is 17.9 Å². The fraction of sp³-hybridized carbons (Fsp3) is 0.632. The topological polar surface area (TPSA) is 75.7 Å². The number of ether oxygens (including phenoxy) is 1. The van der Waals surface area contributed by atoms with Crippen LogP contribution < -0.4 is 10.1 Å². The summed E-state index contributed by atoms with van der Waals surface area (Å²) in [5.41, 5.74) is 1.02. The third kappa shape index (κ3) is 6.61. The predicted octanol–water partition coefficient (Wildman–Crippen LogP) is 2.20. The van der Waals surface area contributed by atoms with Crippen molar-refractivity contribution >= 4 is 15.9 Å². The Morgan fingerprint density at radius 1 is 1.23 bits per heavy atom. The normalized spacial score (nSPS) is 15.8. The number of sulfonamides is 1. The Kier molecular flexibility index (Phi) is 7.90. The van der Waals surface area contributed by atoms with Crippen LogP contribution in [0.2, 0.25) is 0 Å². The first kappa shape index (κ1) is 20.7. The van der Waals surface area contributed by atoms with Gasteiger partial charge in [0.15, 0.2) is 0 Å². The minimum absolute atomic E-state index is 0.0611. The molecule has 0 atom stereocenters. The highest BCUT2D eigenvalue weighted by atomic mass is 32.2. The molecule has 1 fully saturated rings. The molecule has 0 aliphatic heterocycles. The second-order valence-corrected chi connectivity index (χ2v) is 8.87. The van der Waals surface area contributed by atoms with Gasteiger partial charge >= 0.3 is 0 Å². The van der Waals surface area contributed by atoms with Crippen LogP contribution in [-0.2, 0) is 21.2 Å². The summed E-state index contributed by atoms with van der Waals surface area (Å²) in [5, 5.41) is 2.91. The Bertz CT molecular complexity index is 685. The van der Waals surface area contributed by atoms with Crippen LogP contribution in [0.15, 0.2) is 24.3 Å². The summed E-state index contributed by atoms with van der Waals surface area (Å²) in [6.07, 6.45) is 7.11. The van der Waals surface area contributed by atoms with E-state index in [0.29, 0.717) is 26.1 Å². The number of carbonyl (C=O) groups is 1. The van der Waals surface area contributed by atoms with Gasteiger partial charge in [-0.05, 0) is 37.0 Å². The van der Waals surface area contributed by atoms with E-state index in [9.17, 15) is 13.2 Å². The van der Waals surface area contributed by atoms with Gasteiger partial charge in [-0.1, -0.05) is 31.4 Å². The van der Waals surface area contributed by atoms with Crippen LogP contribution in [0.3, 0.4) is 0 Å². The van der Waals surface area contributed by atoms with Crippen molar-refractivity contribution in [3.63, 3.8) is 0 Å². The van der Waals surface area contributed by atoms with Crippen molar-refractivity contribution in [1.29, 1.82) is 0 Å². The number of carbonyl (C=O) groups excluding carboxylic acids is 1. The van der Waals surface area contributed by atoms with Gasteiger partial charge in [0.25, 0.3) is 0 Å². The van der Waals surface area contributed by atoms with Gasteiger partial charge < -0.3 is 10.1 Å². The zero-order valence-corrected chi connectivity index (χ0v) is 16.6. The van der Waals surface area contributed by atoms with Crippen LogP contribution in [0.5, 0.6) is 5.75 Å². The maximum atomic E-state index is 12.2. The SMILES string of the molecule is COc1cccc(CCN(CCNC(=O)C2CCCCC2)S(C)(=O)=O)c1. The van der Waals surface area contributed by atoms with Crippen LogP contribution in [0.4, 0.5) is 0 Å². The summed E-state index contributed by atoms with van der Waals surface area (Å²) in [6.45, 7) is 1.02. The van der Waals surface area contributed by atoms with Gasteiger partial charge in [-0.25, -0.2) is 12.7 Å². The lowest BCUT2D eigenvalue weighted by Crippen LogP contribution is -2.41. The highest BCUT2D eigenvalue weighted by molar-refractivity contribution is 7.88. The van der Waals surface area contributed by atoms with Crippen LogP contribution >= 0.6 is 0 Å². The molecule has 0 aromatic heterocycles. The van der Waals surface area contributed by atoms with E-state index in [2.05, 4.69) is 5.32 Å². The Hall–Kier alpha value is -1.60. The molecule has 26 heavy (non-hydrogen) atoms. The van der Waals surface area contributed by atoms with E-state index in [4.69, 9.17) is 4.74 Å². The van der Waals surface area contributed by atoms with E-state index in [-0.39, 0.29) is 11.8 Å². The summed E-state index contributed by atoms with van der Waals surface area (Å²) < 4.78 is 30.7. The van der Waals surface area contributed by atoms with Crippen molar-refractivity contribution in [2.45, 2.75) is 38.5 Å². The van der Waals surface area contributed by atoms with E-state index in [1.165, 1.54) is 17.0 Å². The molecule has 1 aliphatic rings. The molecule has 6 nitrogen and oxygen atoms in total. The van der Waals surface area contributed by atoms with Gasteiger partial charge in [-0.2, -0.15) is 0 Å². The Morgan fingerprint density at radius 2 is 1.96 bits per heavy atom. The molecule has 0 heterocycles. The van der Waals surface area contributed by atoms with Crippen molar-refractivity contribution in [1.82, 2.24) is 9.62 Å². The summed E-state index contributed by atoms with van der Waals surface area (Å²) in [5.74, 6) is 0.909. The molecule has 1 amide bonds. The minimum Gasteiger partial charge on any atom is -0.497 e. The first-order chi connectivity index (χ1) is 12.4. The van der Waals surface area contributed by atoms with E-state index in [1.807, 2.05) is 24.3 Å². The molecule has 1 N–H and O–H groups in total. The molecule has 0 spiro atoms. The summed E-state index contributed by atoms with van der Waals surface area (Å²) in [7, 11) is -1.71. The number of amides is 1. The highest BCUT2D eigenvalue weighted by Gasteiger charge is 2.22. The summed E-state index contributed by atoms with van der Waals surface area (Å²) in [4.78, 5) is 12.2. The smallest absolute Gasteiger partial charge is 0.223 e. The number of hydrogen-bond acceptors (Lipinski definition) is 4. The number of methoxy groups -OCH3 is 1. The number of rotatable bonds is 9. The van der Waals surface area contributed by atoms with Crippen molar-refractivity contribution in [3.8, 4) is 5.75 Å². The molecule has 1 aliphatic carbocycles.